The smallest absolute Gasteiger partial charge is 0.118 e. The fourth-order valence-corrected chi connectivity index (χ4v) is 8.03. The zero-order chi connectivity index (χ0) is 29.3. The van der Waals surface area contributed by atoms with Crippen LogP contribution in [0.2, 0.25) is 0 Å². The molecule has 0 fully saturated rings. The highest BCUT2D eigenvalue weighted by Crippen LogP contribution is 2.31. The minimum atomic E-state index is 0.864. The number of rotatable bonds is 11. The lowest BCUT2D eigenvalue weighted by Crippen LogP contribution is -1.81. The van der Waals surface area contributed by atoms with Gasteiger partial charge in [-0.05, 0) is 125 Å². The van der Waals surface area contributed by atoms with Gasteiger partial charge in [-0.15, -0.1) is 56.7 Å². The molecule has 1 nitrogen and oxygen atoms in total. The topological polar surface area (TPSA) is 9.23 Å². The molecule has 0 radical (unpaired) electrons. The van der Waals surface area contributed by atoms with E-state index in [0.717, 1.165) is 11.3 Å². The summed E-state index contributed by atoms with van der Waals surface area (Å²) in [5.41, 5.74) is 2.35. The fourth-order valence-electron chi connectivity index (χ4n) is 4.20. The zero-order valence-electron chi connectivity index (χ0n) is 23.4. The fraction of sp³-hybridized carbons (Fsp3) is 0.0270. The lowest BCUT2D eigenvalue weighted by molar-refractivity contribution is 0.415. The summed E-state index contributed by atoms with van der Waals surface area (Å²) in [6.45, 7) is 0. The van der Waals surface area contributed by atoms with E-state index in [0.29, 0.717) is 0 Å². The standard InChI is InChI=1S/C37H28OS5/c1-38-29-10-7-27(8-11-29)6-9-28-26-36(21-20-34-17-16-32(41-34)14-12-30-4-2-24-39-30)43-37(28)23-22-35-19-18-33(42-35)15-13-31-5-3-25-40-31/h2-26H,1H3/b9-6+,14-12+,15-13+,21-20+,23-22+. The number of benzene rings is 1. The molecule has 6 aromatic rings. The molecular formula is C37H28OS5. The van der Waals surface area contributed by atoms with Crippen molar-refractivity contribution < 1.29 is 4.74 Å². The average molecular weight is 649 g/mol. The van der Waals surface area contributed by atoms with Crippen molar-refractivity contribution in [2.45, 2.75) is 0 Å². The number of ether oxygens (including phenoxy) is 1. The van der Waals surface area contributed by atoms with Crippen LogP contribution >= 0.6 is 56.7 Å². The average Bonchev–Trinajstić information content (AvgIpc) is 3.88. The Kier molecular flexibility index (Phi) is 9.95. The lowest BCUT2D eigenvalue weighted by atomic mass is 10.1. The van der Waals surface area contributed by atoms with Crippen molar-refractivity contribution in [3.05, 3.63) is 140 Å². The van der Waals surface area contributed by atoms with E-state index in [9.17, 15) is 0 Å². The molecule has 0 saturated heterocycles. The lowest BCUT2D eigenvalue weighted by Gasteiger charge is -1.99. The molecule has 6 rings (SSSR count). The Morgan fingerprint density at radius 3 is 1.49 bits per heavy atom. The third-order valence-electron chi connectivity index (χ3n) is 6.40. The molecular weight excluding hydrogens is 621 g/mol. The predicted octanol–water partition coefficient (Wildman–Crippen LogP) is 12.9. The Morgan fingerprint density at radius 1 is 0.465 bits per heavy atom. The van der Waals surface area contributed by atoms with Gasteiger partial charge in [0.25, 0.3) is 0 Å². The van der Waals surface area contributed by atoms with E-state index in [1.807, 2.05) is 23.5 Å². The summed E-state index contributed by atoms with van der Waals surface area (Å²) in [4.78, 5) is 9.99. The maximum atomic E-state index is 5.32. The van der Waals surface area contributed by atoms with Crippen molar-refractivity contribution in [1.29, 1.82) is 0 Å². The second kappa shape index (κ2) is 14.6. The van der Waals surface area contributed by atoms with Gasteiger partial charge in [0, 0.05) is 39.0 Å². The highest BCUT2D eigenvalue weighted by molar-refractivity contribution is 7.15. The van der Waals surface area contributed by atoms with Crippen molar-refractivity contribution >= 4 is 117 Å². The SMILES string of the molecule is COc1ccc(/C=C/c2cc(/C=C/c3ccc(/C=C/c4cccs4)s3)sc2/C=C/c2ccc(/C=C/c3cccs3)s2)cc1. The first kappa shape index (κ1) is 29.3. The van der Waals surface area contributed by atoms with E-state index in [2.05, 4.69) is 138 Å². The van der Waals surface area contributed by atoms with Crippen LogP contribution in [0, 0.1) is 0 Å². The summed E-state index contributed by atoms with van der Waals surface area (Å²) >= 11 is 8.92. The van der Waals surface area contributed by atoms with Gasteiger partial charge in [0.1, 0.15) is 5.75 Å². The first-order valence-electron chi connectivity index (χ1n) is 13.7. The van der Waals surface area contributed by atoms with Gasteiger partial charge in [-0.2, -0.15) is 0 Å². The third kappa shape index (κ3) is 8.41. The van der Waals surface area contributed by atoms with Gasteiger partial charge >= 0.3 is 0 Å². The molecule has 212 valence electrons. The third-order valence-corrected chi connectivity index (χ3v) is 11.2. The normalized spacial score (nSPS) is 12.3. The van der Waals surface area contributed by atoms with Gasteiger partial charge in [0.05, 0.1) is 7.11 Å². The van der Waals surface area contributed by atoms with Gasteiger partial charge in [0.15, 0.2) is 0 Å². The van der Waals surface area contributed by atoms with Crippen LogP contribution in [0.5, 0.6) is 5.75 Å². The Labute approximate surface area is 273 Å². The maximum absolute atomic E-state index is 5.32. The molecule has 0 spiro atoms. The van der Waals surface area contributed by atoms with Crippen molar-refractivity contribution in [2.75, 3.05) is 7.11 Å². The van der Waals surface area contributed by atoms with Gasteiger partial charge in [-0.1, -0.05) is 36.4 Å². The van der Waals surface area contributed by atoms with E-state index in [4.69, 9.17) is 4.74 Å². The van der Waals surface area contributed by atoms with Crippen molar-refractivity contribution in [1.82, 2.24) is 0 Å². The first-order valence-corrected chi connectivity index (χ1v) is 17.9. The van der Waals surface area contributed by atoms with Crippen molar-refractivity contribution in [3.8, 4) is 5.75 Å². The molecule has 5 aromatic heterocycles. The molecule has 0 N–H and O–H groups in total. The van der Waals surface area contributed by atoms with E-state index < -0.39 is 0 Å². The van der Waals surface area contributed by atoms with Crippen LogP contribution in [0.1, 0.15) is 50.1 Å². The molecule has 0 aliphatic rings. The highest BCUT2D eigenvalue weighted by atomic mass is 32.1. The monoisotopic (exact) mass is 648 g/mol. The summed E-state index contributed by atoms with van der Waals surface area (Å²) in [5, 5.41) is 4.21. The summed E-state index contributed by atoms with van der Waals surface area (Å²) in [6.07, 6.45) is 22.0. The molecule has 0 aliphatic heterocycles. The second-order valence-corrected chi connectivity index (χ2v) is 14.8. The second-order valence-electron chi connectivity index (χ2n) is 9.42. The molecule has 43 heavy (non-hydrogen) atoms. The highest BCUT2D eigenvalue weighted by Gasteiger charge is 2.05. The van der Waals surface area contributed by atoms with E-state index in [1.54, 1.807) is 52.5 Å². The number of hydrogen-bond acceptors (Lipinski definition) is 6. The minimum Gasteiger partial charge on any atom is -0.497 e. The molecule has 0 amide bonds. The minimum absolute atomic E-state index is 0.864. The molecule has 1 aromatic carbocycles. The maximum Gasteiger partial charge on any atom is 0.118 e. The van der Waals surface area contributed by atoms with Gasteiger partial charge < -0.3 is 4.74 Å². The largest absolute Gasteiger partial charge is 0.497 e. The van der Waals surface area contributed by atoms with E-state index in [-0.39, 0.29) is 0 Å². The van der Waals surface area contributed by atoms with E-state index >= 15 is 0 Å². The van der Waals surface area contributed by atoms with Crippen molar-refractivity contribution in [2.24, 2.45) is 0 Å². The van der Waals surface area contributed by atoms with E-state index in [1.165, 1.54) is 44.6 Å². The van der Waals surface area contributed by atoms with Crippen LogP contribution < -0.4 is 4.74 Å². The summed E-state index contributed by atoms with van der Waals surface area (Å²) < 4.78 is 5.32. The van der Waals surface area contributed by atoms with Gasteiger partial charge in [-0.3, -0.25) is 0 Å². The van der Waals surface area contributed by atoms with Crippen LogP contribution in [0.15, 0.2) is 89.6 Å². The predicted molar refractivity (Wildman–Crippen MR) is 199 cm³/mol. The molecule has 0 unspecified atom stereocenters. The zero-order valence-corrected chi connectivity index (χ0v) is 27.5. The summed E-state index contributed by atoms with van der Waals surface area (Å²) in [7, 11) is 1.69. The molecule has 0 aliphatic carbocycles. The van der Waals surface area contributed by atoms with Crippen molar-refractivity contribution in [3.63, 3.8) is 0 Å². The van der Waals surface area contributed by atoms with Crippen LogP contribution in [0.25, 0.3) is 60.8 Å². The quantitative estimate of drug-likeness (QED) is 0.136. The van der Waals surface area contributed by atoms with Crippen LogP contribution in [0.3, 0.4) is 0 Å². The number of thiophene rings is 5. The van der Waals surface area contributed by atoms with Gasteiger partial charge in [0.2, 0.25) is 0 Å². The Hall–Kier alpha value is -3.78. The van der Waals surface area contributed by atoms with Gasteiger partial charge in [-0.25, -0.2) is 0 Å². The summed E-state index contributed by atoms with van der Waals surface area (Å²) in [5.74, 6) is 0.864. The number of hydrogen-bond donors (Lipinski definition) is 0. The molecule has 6 heteroatoms. The molecule has 0 bridgehead atoms. The van der Waals surface area contributed by atoms with Crippen LogP contribution in [-0.2, 0) is 0 Å². The Morgan fingerprint density at radius 2 is 0.977 bits per heavy atom. The number of methoxy groups -OCH3 is 1. The van der Waals surface area contributed by atoms with Crippen LogP contribution in [-0.4, -0.2) is 7.11 Å². The molecule has 0 atom stereocenters. The summed E-state index contributed by atoms with van der Waals surface area (Å²) in [6, 6.07) is 27.6. The molecule has 0 saturated carbocycles. The first-order chi connectivity index (χ1) is 21.2. The molecule has 5 heterocycles. The van der Waals surface area contributed by atoms with Crippen LogP contribution in [0.4, 0.5) is 0 Å². The Balaban J connectivity index is 1.21. The Bertz CT molecular complexity index is 1880.